The number of ether oxygens (including phenoxy) is 1. The summed E-state index contributed by atoms with van der Waals surface area (Å²) < 4.78 is 24.6. The molecular weight excluding hydrogens is 403 g/mol. The van der Waals surface area contributed by atoms with E-state index in [4.69, 9.17) is 20.8 Å². The summed E-state index contributed by atoms with van der Waals surface area (Å²) in [7, 11) is 1.63. The fourth-order valence-corrected chi connectivity index (χ4v) is 3.43. The van der Waals surface area contributed by atoms with Crippen LogP contribution in [0.1, 0.15) is 23.1 Å². The van der Waals surface area contributed by atoms with Gasteiger partial charge in [-0.2, -0.15) is 0 Å². The second-order valence-electron chi connectivity index (χ2n) is 6.77. The summed E-state index contributed by atoms with van der Waals surface area (Å²) in [6, 6.07) is 21.5. The molecule has 1 unspecified atom stereocenters. The van der Waals surface area contributed by atoms with E-state index in [1.807, 2.05) is 48.5 Å². The number of rotatable bonds is 7. The van der Waals surface area contributed by atoms with Crippen LogP contribution in [-0.2, 0) is 6.54 Å². The topological polar surface area (TPSA) is 47.3 Å². The molecule has 6 heteroatoms. The Kier molecular flexibility index (Phi) is 6.12. The Morgan fingerprint density at radius 2 is 1.73 bits per heavy atom. The van der Waals surface area contributed by atoms with Crippen LogP contribution in [-0.4, -0.2) is 12.1 Å². The van der Waals surface area contributed by atoms with Gasteiger partial charge in [0.05, 0.1) is 25.9 Å². The summed E-state index contributed by atoms with van der Waals surface area (Å²) in [4.78, 5) is 4.37. The Morgan fingerprint density at radius 1 is 1.03 bits per heavy atom. The van der Waals surface area contributed by atoms with Gasteiger partial charge in [-0.3, -0.25) is 5.32 Å². The molecule has 4 rings (SSSR count). The van der Waals surface area contributed by atoms with Gasteiger partial charge >= 0.3 is 0 Å². The molecule has 1 atom stereocenters. The summed E-state index contributed by atoms with van der Waals surface area (Å²) in [6.45, 7) is 0.397. The van der Waals surface area contributed by atoms with E-state index in [1.54, 1.807) is 25.4 Å². The Hall–Kier alpha value is -3.15. The van der Waals surface area contributed by atoms with Crippen LogP contribution in [0.5, 0.6) is 5.75 Å². The Morgan fingerprint density at radius 3 is 2.40 bits per heavy atom. The number of hydrogen-bond donors (Lipinski definition) is 1. The van der Waals surface area contributed by atoms with Crippen molar-refractivity contribution < 1.29 is 13.5 Å². The minimum absolute atomic E-state index is 0.168. The van der Waals surface area contributed by atoms with Gasteiger partial charge in [0.2, 0.25) is 5.89 Å². The molecule has 0 amide bonds. The fraction of sp³-hybridized carbons (Fsp3) is 0.125. The Bertz CT molecular complexity index is 1110. The second kappa shape index (κ2) is 9.11. The van der Waals surface area contributed by atoms with E-state index < -0.39 is 0 Å². The maximum absolute atomic E-state index is 13.4. The van der Waals surface area contributed by atoms with Gasteiger partial charge in [-0.25, -0.2) is 9.37 Å². The van der Waals surface area contributed by atoms with Crippen molar-refractivity contribution in [3.63, 3.8) is 0 Å². The summed E-state index contributed by atoms with van der Waals surface area (Å²) in [5, 5.41) is 4.09. The Labute approximate surface area is 179 Å². The molecule has 0 saturated heterocycles. The van der Waals surface area contributed by atoms with Crippen molar-refractivity contribution in [2.75, 3.05) is 7.11 Å². The third kappa shape index (κ3) is 4.70. The first-order valence-corrected chi connectivity index (χ1v) is 9.83. The van der Waals surface area contributed by atoms with Gasteiger partial charge in [-0.1, -0.05) is 48.0 Å². The van der Waals surface area contributed by atoms with Gasteiger partial charge in [0.15, 0.2) is 5.76 Å². The van der Waals surface area contributed by atoms with Crippen molar-refractivity contribution in [1.29, 1.82) is 0 Å². The SMILES string of the molecule is COc1ccc(C(NCc2ncc(-c3cccc(Cl)c3)o2)c2ccc(F)cc2)cc1. The predicted octanol–water partition coefficient (Wildman–Crippen LogP) is 6.02. The standard InChI is InChI=1S/C24H20ClFN2O2/c1-29-21-11-7-17(8-12-21)24(16-5-9-20(26)10-6-16)28-15-23-27-14-22(30-23)18-3-2-4-19(25)13-18/h2-14,24,28H,15H2,1H3. The van der Waals surface area contributed by atoms with Crippen molar-refractivity contribution in [3.8, 4) is 17.1 Å². The lowest BCUT2D eigenvalue weighted by atomic mass is 9.98. The molecule has 0 radical (unpaired) electrons. The summed E-state index contributed by atoms with van der Waals surface area (Å²) in [5.41, 5.74) is 2.82. The number of nitrogens with one attached hydrogen (secondary N) is 1. The van der Waals surface area contributed by atoms with Gasteiger partial charge in [-0.15, -0.1) is 0 Å². The van der Waals surface area contributed by atoms with Gasteiger partial charge in [0.1, 0.15) is 11.6 Å². The largest absolute Gasteiger partial charge is 0.497 e. The first kappa shape index (κ1) is 20.1. The molecule has 4 nitrogen and oxygen atoms in total. The number of oxazole rings is 1. The van der Waals surface area contributed by atoms with Crippen molar-refractivity contribution >= 4 is 11.6 Å². The molecule has 0 aliphatic carbocycles. The maximum Gasteiger partial charge on any atom is 0.208 e. The van der Waals surface area contributed by atoms with E-state index in [0.717, 1.165) is 22.4 Å². The van der Waals surface area contributed by atoms with E-state index in [2.05, 4.69) is 10.3 Å². The summed E-state index contributed by atoms with van der Waals surface area (Å²) in [6.07, 6.45) is 1.68. The zero-order valence-corrected chi connectivity index (χ0v) is 17.1. The number of nitrogens with zero attached hydrogens (tertiary/aromatic N) is 1. The molecule has 1 aromatic heterocycles. The molecule has 0 saturated carbocycles. The first-order valence-electron chi connectivity index (χ1n) is 9.46. The van der Waals surface area contributed by atoms with E-state index in [1.165, 1.54) is 12.1 Å². The average Bonchev–Trinajstić information content (AvgIpc) is 3.25. The lowest BCUT2D eigenvalue weighted by Gasteiger charge is -2.19. The van der Waals surface area contributed by atoms with Gasteiger partial charge in [-0.05, 0) is 47.5 Å². The maximum atomic E-state index is 13.4. The van der Waals surface area contributed by atoms with Crippen molar-refractivity contribution in [1.82, 2.24) is 10.3 Å². The predicted molar refractivity (Wildman–Crippen MR) is 115 cm³/mol. The molecule has 1 heterocycles. The van der Waals surface area contributed by atoms with E-state index in [9.17, 15) is 4.39 Å². The minimum atomic E-state index is -0.272. The zero-order chi connectivity index (χ0) is 20.9. The van der Waals surface area contributed by atoms with Crippen LogP contribution in [0, 0.1) is 5.82 Å². The lowest BCUT2D eigenvalue weighted by Crippen LogP contribution is -2.22. The van der Waals surface area contributed by atoms with Gasteiger partial charge in [0, 0.05) is 10.6 Å². The third-order valence-electron chi connectivity index (χ3n) is 4.77. The molecule has 152 valence electrons. The highest BCUT2D eigenvalue weighted by molar-refractivity contribution is 6.30. The van der Waals surface area contributed by atoms with Crippen LogP contribution >= 0.6 is 11.6 Å². The molecule has 0 aliphatic rings. The molecule has 0 aliphatic heterocycles. The molecular formula is C24H20ClFN2O2. The smallest absolute Gasteiger partial charge is 0.208 e. The zero-order valence-electron chi connectivity index (χ0n) is 16.3. The van der Waals surface area contributed by atoms with Crippen molar-refractivity contribution in [3.05, 3.63) is 107 Å². The fourth-order valence-electron chi connectivity index (χ4n) is 3.24. The monoisotopic (exact) mass is 422 g/mol. The normalized spacial score (nSPS) is 12.0. The first-order chi connectivity index (χ1) is 14.6. The molecule has 1 N–H and O–H groups in total. The Balaban J connectivity index is 1.55. The molecule has 4 aromatic rings. The van der Waals surface area contributed by atoms with Crippen LogP contribution in [0.3, 0.4) is 0 Å². The quantitative estimate of drug-likeness (QED) is 0.395. The molecule has 0 spiro atoms. The van der Waals surface area contributed by atoms with E-state index >= 15 is 0 Å². The number of hydrogen-bond acceptors (Lipinski definition) is 4. The second-order valence-corrected chi connectivity index (χ2v) is 7.20. The lowest BCUT2D eigenvalue weighted by molar-refractivity contribution is 0.414. The summed E-state index contributed by atoms with van der Waals surface area (Å²) in [5.74, 6) is 1.70. The molecule has 30 heavy (non-hydrogen) atoms. The number of benzene rings is 3. The number of methoxy groups -OCH3 is 1. The third-order valence-corrected chi connectivity index (χ3v) is 5.01. The van der Waals surface area contributed by atoms with Gasteiger partial charge < -0.3 is 9.15 Å². The van der Waals surface area contributed by atoms with Crippen LogP contribution in [0.25, 0.3) is 11.3 Å². The highest BCUT2D eigenvalue weighted by Gasteiger charge is 2.16. The van der Waals surface area contributed by atoms with Crippen LogP contribution in [0.2, 0.25) is 5.02 Å². The number of aromatic nitrogens is 1. The van der Waals surface area contributed by atoms with Crippen LogP contribution in [0.15, 0.2) is 83.4 Å². The van der Waals surface area contributed by atoms with Crippen LogP contribution in [0.4, 0.5) is 4.39 Å². The highest BCUT2D eigenvalue weighted by Crippen LogP contribution is 2.26. The van der Waals surface area contributed by atoms with Gasteiger partial charge in [0.25, 0.3) is 0 Å². The highest BCUT2D eigenvalue weighted by atomic mass is 35.5. The van der Waals surface area contributed by atoms with Crippen LogP contribution < -0.4 is 10.1 Å². The minimum Gasteiger partial charge on any atom is -0.497 e. The summed E-state index contributed by atoms with van der Waals surface area (Å²) >= 11 is 6.06. The number of halogens is 2. The molecule has 0 fully saturated rings. The molecule has 0 bridgehead atoms. The van der Waals surface area contributed by atoms with Crippen molar-refractivity contribution in [2.24, 2.45) is 0 Å². The molecule has 3 aromatic carbocycles. The van der Waals surface area contributed by atoms with E-state index in [0.29, 0.717) is 23.2 Å². The van der Waals surface area contributed by atoms with E-state index in [-0.39, 0.29) is 11.9 Å². The van der Waals surface area contributed by atoms with Crippen molar-refractivity contribution in [2.45, 2.75) is 12.6 Å². The average molecular weight is 423 g/mol.